The van der Waals surface area contributed by atoms with Crippen LogP contribution in [0.3, 0.4) is 0 Å². The van der Waals surface area contributed by atoms with Gasteiger partial charge in [0.05, 0.1) is 5.54 Å². The van der Waals surface area contributed by atoms with Crippen molar-refractivity contribution in [1.29, 1.82) is 0 Å². The van der Waals surface area contributed by atoms with E-state index in [0.717, 1.165) is 57.7 Å². The summed E-state index contributed by atoms with van der Waals surface area (Å²) in [6, 6.07) is 34.7. The molecule has 2 atom stereocenters. The van der Waals surface area contributed by atoms with Crippen LogP contribution in [0.15, 0.2) is 84.0 Å². The van der Waals surface area contributed by atoms with Gasteiger partial charge in [-0.15, -0.1) is 42.0 Å². The molecule has 4 nitrogen and oxygen atoms in total. The van der Waals surface area contributed by atoms with Crippen LogP contribution in [0.4, 0.5) is 0 Å². The van der Waals surface area contributed by atoms with Gasteiger partial charge in [0.2, 0.25) is 0 Å². The van der Waals surface area contributed by atoms with E-state index in [4.69, 9.17) is 14.7 Å². The second-order valence-electron chi connectivity index (χ2n) is 17.1. The number of rotatable bonds is 6. The maximum atomic E-state index is 6.77. The molecule has 0 radical (unpaired) electrons. The number of nitrogens with zero attached hydrogens (tertiary/aromatic N) is 3. The number of aliphatic imine (C=N–C) groups is 1. The minimum atomic E-state index is -0.196. The first-order valence-corrected chi connectivity index (χ1v) is 19.2. The maximum Gasteiger partial charge on any atom is 2.00 e. The van der Waals surface area contributed by atoms with Crippen molar-refractivity contribution in [3.8, 4) is 28.1 Å². The Morgan fingerprint density at radius 1 is 0.849 bits per heavy atom. The van der Waals surface area contributed by atoms with E-state index in [1.807, 2.05) is 6.20 Å². The van der Waals surface area contributed by atoms with Crippen molar-refractivity contribution in [2.45, 2.75) is 117 Å². The summed E-state index contributed by atoms with van der Waals surface area (Å²) in [6.07, 6.45) is 6.50. The molecule has 1 fully saturated rings. The number of hydrogen-bond donors (Lipinski definition) is 0. The summed E-state index contributed by atoms with van der Waals surface area (Å²) in [5.41, 5.74) is 13.4. The van der Waals surface area contributed by atoms with Crippen LogP contribution in [0.5, 0.6) is 0 Å². The van der Waals surface area contributed by atoms with E-state index in [-0.39, 0.29) is 38.1 Å². The number of ether oxygens (including phenoxy) is 1. The van der Waals surface area contributed by atoms with E-state index in [9.17, 15) is 0 Å². The fraction of sp³-hybridized carbons (Fsp3) is 0.375. The van der Waals surface area contributed by atoms with Gasteiger partial charge in [0.15, 0.2) is 0 Å². The Morgan fingerprint density at radius 3 is 2.30 bits per heavy atom. The third kappa shape index (κ3) is 6.71. The molecule has 274 valence electrons. The fourth-order valence-corrected chi connectivity index (χ4v) is 8.43. The molecule has 5 heteroatoms. The summed E-state index contributed by atoms with van der Waals surface area (Å²) in [5, 5.41) is 2.36. The Labute approximate surface area is 330 Å². The van der Waals surface area contributed by atoms with E-state index < -0.39 is 0 Å². The molecule has 0 N–H and O–H groups in total. The summed E-state index contributed by atoms with van der Waals surface area (Å²) in [7, 11) is 0. The Kier molecular flexibility index (Phi) is 9.86. The van der Waals surface area contributed by atoms with Crippen LogP contribution in [0.25, 0.3) is 49.9 Å². The smallest absolute Gasteiger partial charge is 0.514 e. The van der Waals surface area contributed by atoms with E-state index in [2.05, 4.69) is 152 Å². The van der Waals surface area contributed by atoms with Crippen molar-refractivity contribution in [2.24, 2.45) is 4.99 Å². The van der Waals surface area contributed by atoms with Crippen molar-refractivity contribution >= 4 is 27.7 Å². The maximum absolute atomic E-state index is 6.77. The van der Waals surface area contributed by atoms with Gasteiger partial charge in [0.1, 0.15) is 12.0 Å². The quantitative estimate of drug-likeness (QED) is 0.156. The molecule has 1 aliphatic heterocycles. The van der Waals surface area contributed by atoms with Gasteiger partial charge in [-0.2, -0.15) is 0 Å². The molecule has 4 aromatic carbocycles. The molecule has 1 aliphatic carbocycles. The summed E-state index contributed by atoms with van der Waals surface area (Å²) in [6.45, 7) is 20.4. The summed E-state index contributed by atoms with van der Waals surface area (Å²) in [5.74, 6) is 1.43. The van der Waals surface area contributed by atoms with Crippen LogP contribution in [0, 0.1) is 19.1 Å². The van der Waals surface area contributed by atoms with Crippen LogP contribution < -0.4 is 0 Å². The SMILES string of the molecule is Cc1ccc2c(c1)c1ccc(-c3cc(C(C)(C)C)ccn3)[c-]c1n2-c1[c-]c(C2=N[C@]3(C)CCCC[C@@H]3O2)cc(-c2c(C(C)C)cccc2C(C)C)c1.[Pt+2]. The average molecular weight is 881 g/mol. The average Bonchev–Trinajstić information content (AvgIpc) is 3.65. The molecule has 2 aromatic heterocycles. The summed E-state index contributed by atoms with van der Waals surface area (Å²) < 4.78 is 9.13. The standard InChI is InChI=1S/C48H51N3O.Pt/c1-29(2)37-13-12-14-38(30(3)4)45(37)33-24-34(46-50-48(9)21-11-10-15-44(48)52-46)26-36(25-33)51-42-19-16-31(5)23-40(42)39-18-17-32(27-43(39)51)41-28-35(20-22-49-41)47(6,7)8;/h12-14,16-20,22-25,28-30,44H,10-11,15,21H2,1-9H3;/q-2;+2/t44-,48+;/m0./s1. The van der Waals surface area contributed by atoms with Crippen LogP contribution in [0.1, 0.15) is 121 Å². The van der Waals surface area contributed by atoms with Gasteiger partial charge in [-0.3, -0.25) is 4.99 Å². The zero-order valence-electron chi connectivity index (χ0n) is 32.6. The predicted octanol–water partition coefficient (Wildman–Crippen LogP) is 12.4. The molecule has 0 bridgehead atoms. The molecular formula is C48H51N3OPt. The van der Waals surface area contributed by atoms with Crippen molar-refractivity contribution in [3.63, 3.8) is 0 Å². The van der Waals surface area contributed by atoms with Gasteiger partial charge < -0.3 is 14.3 Å². The van der Waals surface area contributed by atoms with Gasteiger partial charge in [0, 0.05) is 11.7 Å². The molecule has 0 saturated heterocycles. The van der Waals surface area contributed by atoms with E-state index in [0.29, 0.717) is 11.8 Å². The van der Waals surface area contributed by atoms with Gasteiger partial charge in [0.25, 0.3) is 0 Å². The van der Waals surface area contributed by atoms with Crippen LogP contribution >= 0.6 is 0 Å². The number of fused-ring (bicyclic) bond motifs is 4. The summed E-state index contributed by atoms with van der Waals surface area (Å²) in [4.78, 5) is 10.2. The first kappa shape index (κ1) is 37.3. The fourth-order valence-electron chi connectivity index (χ4n) is 8.43. The van der Waals surface area contributed by atoms with Gasteiger partial charge in [-0.25, -0.2) is 0 Å². The topological polar surface area (TPSA) is 39.4 Å². The Hall–Kier alpha value is -4.01. The third-order valence-electron chi connectivity index (χ3n) is 11.4. The van der Waals surface area contributed by atoms with Crippen LogP contribution in [0.2, 0.25) is 0 Å². The van der Waals surface area contributed by atoms with Crippen LogP contribution in [-0.4, -0.2) is 27.1 Å². The largest absolute Gasteiger partial charge is 2.00 e. The number of aryl methyl sites for hydroxylation is 1. The Balaban J connectivity index is 0.00000435. The van der Waals surface area contributed by atoms with Gasteiger partial charge in [-0.05, 0) is 107 Å². The van der Waals surface area contributed by atoms with Crippen molar-refractivity contribution in [3.05, 3.63) is 119 Å². The third-order valence-corrected chi connectivity index (χ3v) is 11.4. The minimum absolute atomic E-state index is 0. The zero-order valence-corrected chi connectivity index (χ0v) is 34.9. The molecule has 0 amide bonds. The van der Waals surface area contributed by atoms with Gasteiger partial charge in [-0.1, -0.05) is 113 Å². The second-order valence-corrected chi connectivity index (χ2v) is 17.1. The zero-order chi connectivity index (χ0) is 36.5. The minimum Gasteiger partial charge on any atom is -0.514 e. The molecule has 1 saturated carbocycles. The number of hydrogen-bond acceptors (Lipinski definition) is 3. The molecule has 6 aromatic rings. The molecule has 0 unspecified atom stereocenters. The Bertz CT molecular complexity index is 2350. The first-order chi connectivity index (χ1) is 24.8. The van der Waals surface area contributed by atoms with E-state index >= 15 is 0 Å². The number of aromatic nitrogens is 2. The van der Waals surface area contributed by atoms with Crippen molar-refractivity contribution in [2.75, 3.05) is 0 Å². The van der Waals surface area contributed by atoms with Gasteiger partial charge >= 0.3 is 21.1 Å². The molecule has 0 spiro atoms. The van der Waals surface area contributed by atoms with Crippen molar-refractivity contribution in [1.82, 2.24) is 9.55 Å². The molecule has 8 rings (SSSR count). The monoisotopic (exact) mass is 880 g/mol. The number of benzene rings is 4. The summed E-state index contributed by atoms with van der Waals surface area (Å²) >= 11 is 0. The normalized spacial score (nSPS) is 18.7. The molecule has 3 heterocycles. The molecule has 2 aliphatic rings. The van der Waals surface area contributed by atoms with Crippen molar-refractivity contribution < 1.29 is 25.8 Å². The Morgan fingerprint density at radius 2 is 1.60 bits per heavy atom. The molecule has 53 heavy (non-hydrogen) atoms. The second kappa shape index (κ2) is 14.0. The van der Waals surface area contributed by atoms with E-state index in [1.165, 1.54) is 51.6 Å². The first-order valence-electron chi connectivity index (χ1n) is 19.2. The number of pyridine rings is 1. The van der Waals surface area contributed by atoms with Crippen LogP contribution in [-0.2, 0) is 31.2 Å². The predicted molar refractivity (Wildman–Crippen MR) is 217 cm³/mol. The van der Waals surface area contributed by atoms with E-state index in [1.54, 1.807) is 0 Å². The molecular weight excluding hydrogens is 830 g/mol.